The number of hydrogen-bond acceptors (Lipinski definition) is 4. The molecule has 15 heavy (non-hydrogen) atoms. The second-order valence-corrected chi connectivity index (χ2v) is 4.92. The molecule has 5 heteroatoms. The number of thiocyanates is 1. The summed E-state index contributed by atoms with van der Waals surface area (Å²) in [5, 5.41) is 19.3. The lowest BCUT2D eigenvalue weighted by atomic mass is 10.1. The average Bonchev–Trinajstić information content (AvgIpc) is 2.21. The predicted octanol–water partition coefficient (Wildman–Crippen LogP) is 2.94. The summed E-state index contributed by atoms with van der Waals surface area (Å²) in [6.45, 7) is 1.64. The van der Waals surface area contributed by atoms with E-state index in [9.17, 15) is 9.90 Å². The van der Waals surface area contributed by atoms with Crippen molar-refractivity contribution in [3.05, 3.63) is 28.2 Å². The molecule has 1 aromatic carbocycles. The lowest BCUT2D eigenvalue weighted by Crippen LogP contribution is -2.12. The van der Waals surface area contributed by atoms with E-state index in [1.54, 1.807) is 19.1 Å². The van der Waals surface area contributed by atoms with E-state index >= 15 is 0 Å². The molecule has 0 aliphatic rings. The lowest BCUT2D eigenvalue weighted by Gasteiger charge is -2.07. The van der Waals surface area contributed by atoms with Gasteiger partial charge in [-0.05, 0) is 36.9 Å². The maximum Gasteiger partial charge on any atom is 0.180 e. The molecular formula is C10H8BrNO2S. The van der Waals surface area contributed by atoms with E-state index in [-0.39, 0.29) is 17.1 Å². The van der Waals surface area contributed by atoms with Crippen molar-refractivity contribution < 1.29 is 9.90 Å². The van der Waals surface area contributed by atoms with Gasteiger partial charge in [0.1, 0.15) is 11.2 Å². The number of phenolic OH excluding ortho intramolecular Hbond substituents is 1. The average molecular weight is 286 g/mol. The highest BCUT2D eigenvalue weighted by molar-refractivity contribution is 9.10. The summed E-state index contributed by atoms with van der Waals surface area (Å²) in [5.74, 6) is -0.311. The van der Waals surface area contributed by atoms with Gasteiger partial charge < -0.3 is 5.11 Å². The minimum Gasteiger partial charge on any atom is -0.507 e. The number of benzene rings is 1. The molecule has 0 heterocycles. The molecule has 1 atom stereocenters. The molecule has 3 nitrogen and oxygen atoms in total. The molecular weight excluding hydrogens is 278 g/mol. The van der Waals surface area contributed by atoms with Crippen LogP contribution in [0.3, 0.4) is 0 Å². The van der Waals surface area contributed by atoms with Crippen molar-refractivity contribution >= 4 is 33.5 Å². The van der Waals surface area contributed by atoms with Crippen molar-refractivity contribution in [2.75, 3.05) is 0 Å². The summed E-state index contributed by atoms with van der Waals surface area (Å²) in [6.07, 6.45) is 0. The number of nitrogens with zero attached hydrogens (tertiary/aromatic N) is 1. The molecule has 1 rings (SSSR count). The van der Waals surface area contributed by atoms with Crippen LogP contribution in [-0.2, 0) is 0 Å². The van der Waals surface area contributed by atoms with Gasteiger partial charge in [-0.1, -0.05) is 15.9 Å². The van der Waals surface area contributed by atoms with E-state index in [0.29, 0.717) is 0 Å². The summed E-state index contributed by atoms with van der Waals surface area (Å²) in [7, 11) is 0. The Balaban J connectivity index is 3.01. The van der Waals surface area contributed by atoms with Gasteiger partial charge in [0.25, 0.3) is 0 Å². The summed E-state index contributed by atoms with van der Waals surface area (Å²) in [6, 6.07) is 4.64. The molecule has 0 bridgehead atoms. The van der Waals surface area contributed by atoms with Crippen molar-refractivity contribution in [3.8, 4) is 11.2 Å². The van der Waals surface area contributed by atoms with E-state index < -0.39 is 5.25 Å². The molecule has 1 unspecified atom stereocenters. The Morgan fingerprint density at radius 2 is 2.33 bits per heavy atom. The van der Waals surface area contributed by atoms with Crippen LogP contribution in [0, 0.1) is 10.7 Å². The van der Waals surface area contributed by atoms with Crippen molar-refractivity contribution in [1.29, 1.82) is 5.26 Å². The lowest BCUT2D eigenvalue weighted by molar-refractivity contribution is 0.0991. The molecule has 0 saturated carbocycles. The van der Waals surface area contributed by atoms with Gasteiger partial charge in [-0.2, -0.15) is 5.26 Å². The van der Waals surface area contributed by atoms with Crippen LogP contribution in [0.4, 0.5) is 0 Å². The number of ketones is 1. The Labute approximate surface area is 100 Å². The molecule has 0 aliphatic heterocycles. The monoisotopic (exact) mass is 285 g/mol. The van der Waals surface area contributed by atoms with E-state index in [0.717, 1.165) is 16.2 Å². The molecule has 1 N–H and O–H groups in total. The first-order valence-corrected chi connectivity index (χ1v) is 5.81. The summed E-state index contributed by atoms with van der Waals surface area (Å²) >= 11 is 4.10. The first kappa shape index (κ1) is 12.1. The number of aromatic hydroxyl groups is 1. The fourth-order valence-corrected chi connectivity index (χ4v) is 1.81. The van der Waals surface area contributed by atoms with E-state index in [2.05, 4.69) is 15.9 Å². The van der Waals surface area contributed by atoms with Crippen LogP contribution >= 0.6 is 27.7 Å². The van der Waals surface area contributed by atoms with Gasteiger partial charge in [-0.25, -0.2) is 0 Å². The molecule has 0 spiro atoms. The minimum absolute atomic E-state index is 0.0615. The van der Waals surface area contributed by atoms with Crippen LogP contribution in [-0.4, -0.2) is 16.1 Å². The fourth-order valence-electron chi connectivity index (χ4n) is 1.06. The number of rotatable bonds is 3. The van der Waals surface area contributed by atoms with Gasteiger partial charge in [-0.15, -0.1) is 0 Å². The van der Waals surface area contributed by atoms with Gasteiger partial charge in [-0.3, -0.25) is 4.79 Å². The third kappa shape index (κ3) is 2.98. The van der Waals surface area contributed by atoms with Crippen LogP contribution in [0.5, 0.6) is 5.75 Å². The largest absolute Gasteiger partial charge is 0.507 e. The van der Waals surface area contributed by atoms with E-state index in [1.165, 1.54) is 6.07 Å². The quantitative estimate of drug-likeness (QED) is 0.685. The van der Waals surface area contributed by atoms with Crippen LogP contribution in [0.1, 0.15) is 17.3 Å². The molecule has 78 valence electrons. The summed E-state index contributed by atoms with van der Waals surface area (Å²) in [4.78, 5) is 11.8. The van der Waals surface area contributed by atoms with Gasteiger partial charge in [0.15, 0.2) is 5.78 Å². The fraction of sp³-hybridized carbons (Fsp3) is 0.200. The maximum absolute atomic E-state index is 11.8. The highest BCUT2D eigenvalue weighted by Gasteiger charge is 2.19. The standard InChI is InChI=1S/C10H8BrNO2S/c1-6(15-5-12)10(14)8-4-7(11)2-3-9(8)13/h2-4,6,13H,1H3. The van der Waals surface area contributed by atoms with Crippen molar-refractivity contribution in [2.45, 2.75) is 12.2 Å². The number of phenols is 1. The molecule has 0 aromatic heterocycles. The smallest absolute Gasteiger partial charge is 0.180 e. The zero-order chi connectivity index (χ0) is 11.4. The van der Waals surface area contributed by atoms with Gasteiger partial charge in [0, 0.05) is 4.47 Å². The Morgan fingerprint density at radius 1 is 1.67 bits per heavy atom. The van der Waals surface area contributed by atoms with Crippen LogP contribution in [0.2, 0.25) is 0 Å². The van der Waals surface area contributed by atoms with Gasteiger partial charge in [0.05, 0.1) is 10.8 Å². The van der Waals surface area contributed by atoms with Crippen LogP contribution in [0.25, 0.3) is 0 Å². The first-order valence-electron chi connectivity index (χ1n) is 4.13. The normalized spacial score (nSPS) is 11.8. The Hall–Kier alpha value is -0.990. The number of carbonyl (C=O) groups excluding carboxylic acids is 1. The van der Waals surface area contributed by atoms with Crippen molar-refractivity contribution in [2.24, 2.45) is 0 Å². The number of hydrogen-bond donors (Lipinski definition) is 1. The van der Waals surface area contributed by atoms with Gasteiger partial charge >= 0.3 is 0 Å². The summed E-state index contributed by atoms with van der Waals surface area (Å²) in [5.41, 5.74) is 0.236. The third-order valence-corrected chi connectivity index (χ3v) is 2.99. The van der Waals surface area contributed by atoms with E-state index in [1.807, 2.05) is 5.40 Å². The number of nitriles is 1. The van der Waals surface area contributed by atoms with Gasteiger partial charge in [0.2, 0.25) is 0 Å². The Kier molecular flexibility index (Phi) is 4.18. The number of carbonyl (C=O) groups is 1. The second-order valence-electron chi connectivity index (χ2n) is 2.88. The van der Waals surface area contributed by atoms with Crippen LogP contribution in [0.15, 0.2) is 22.7 Å². The number of Topliss-reactive ketones (excluding diaryl/α,β-unsaturated/α-hetero) is 1. The highest BCUT2D eigenvalue weighted by Crippen LogP contribution is 2.25. The van der Waals surface area contributed by atoms with Crippen molar-refractivity contribution in [3.63, 3.8) is 0 Å². The molecule has 0 amide bonds. The van der Waals surface area contributed by atoms with E-state index in [4.69, 9.17) is 5.26 Å². The SMILES string of the molecule is CC(SC#N)C(=O)c1cc(Br)ccc1O. The molecule has 0 saturated heterocycles. The maximum atomic E-state index is 11.8. The molecule has 0 aliphatic carbocycles. The molecule has 0 fully saturated rings. The highest BCUT2D eigenvalue weighted by atomic mass is 79.9. The minimum atomic E-state index is -0.477. The first-order chi connectivity index (χ1) is 7.06. The zero-order valence-corrected chi connectivity index (χ0v) is 10.3. The summed E-state index contributed by atoms with van der Waals surface area (Å²) < 4.78 is 0.720. The number of halogens is 1. The Bertz CT molecular complexity index is 428. The topological polar surface area (TPSA) is 61.1 Å². The Morgan fingerprint density at radius 3 is 2.93 bits per heavy atom. The van der Waals surface area contributed by atoms with Crippen molar-refractivity contribution in [1.82, 2.24) is 0 Å². The second kappa shape index (κ2) is 5.19. The van der Waals surface area contributed by atoms with Crippen LogP contribution < -0.4 is 0 Å². The predicted molar refractivity (Wildman–Crippen MR) is 62.8 cm³/mol. The number of thioether (sulfide) groups is 1. The molecule has 1 aromatic rings. The zero-order valence-electron chi connectivity index (χ0n) is 7.90. The third-order valence-electron chi connectivity index (χ3n) is 1.82. The molecule has 0 radical (unpaired) electrons.